The lowest BCUT2D eigenvalue weighted by atomic mass is 9.86. The highest BCUT2D eigenvalue weighted by atomic mass is 16.5. The van der Waals surface area contributed by atoms with E-state index in [0.29, 0.717) is 11.5 Å². The summed E-state index contributed by atoms with van der Waals surface area (Å²) in [5.74, 6) is 0.441. The van der Waals surface area contributed by atoms with Gasteiger partial charge in [-0.15, -0.1) is 0 Å². The van der Waals surface area contributed by atoms with Crippen molar-refractivity contribution in [2.45, 2.75) is 32.6 Å². The molecule has 5 nitrogen and oxygen atoms in total. The molecular weight excluding hydrogens is 342 g/mol. The first-order chi connectivity index (χ1) is 12.7. The van der Waals surface area contributed by atoms with Crippen molar-refractivity contribution in [3.05, 3.63) is 47.5 Å². The largest absolute Gasteiger partial charge is 0.497 e. The van der Waals surface area contributed by atoms with Crippen LogP contribution < -0.4 is 9.47 Å². The van der Waals surface area contributed by atoms with E-state index in [1.807, 2.05) is 18.2 Å². The molecule has 0 atom stereocenters. The zero-order valence-corrected chi connectivity index (χ0v) is 16.3. The van der Waals surface area contributed by atoms with Crippen molar-refractivity contribution in [3.63, 3.8) is 0 Å². The number of hydrogen-bond donors (Lipinski definition) is 2. The molecule has 0 fully saturated rings. The number of nitrogens with one attached hydrogen (secondary N) is 1. The van der Waals surface area contributed by atoms with Gasteiger partial charge in [0.15, 0.2) is 0 Å². The van der Waals surface area contributed by atoms with Gasteiger partial charge in [0.1, 0.15) is 11.5 Å². The molecule has 2 N–H and O–H groups in total. The fourth-order valence-corrected chi connectivity index (χ4v) is 3.28. The molecule has 142 valence electrons. The molecule has 0 saturated carbocycles. The molecular formula is C22H25NO4. The maximum absolute atomic E-state index is 11.6. The third-order valence-corrected chi connectivity index (χ3v) is 4.78. The number of rotatable bonds is 5. The third-order valence-electron chi connectivity index (χ3n) is 4.78. The van der Waals surface area contributed by atoms with Crippen LogP contribution in [-0.2, 0) is 16.6 Å². The Bertz CT molecular complexity index is 995. The fourth-order valence-electron chi connectivity index (χ4n) is 3.28. The number of methoxy groups -OCH3 is 2. The van der Waals surface area contributed by atoms with Gasteiger partial charge in [0.05, 0.1) is 26.3 Å². The molecule has 0 aliphatic rings. The second-order valence-electron chi connectivity index (χ2n) is 7.63. The predicted molar refractivity (Wildman–Crippen MR) is 107 cm³/mol. The van der Waals surface area contributed by atoms with Crippen molar-refractivity contribution < 1.29 is 19.4 Å². The first kappa shape index (κ1) is 18.8. The van der Waals surface area contributed by atoms with Crippen molar-refractivity contribution in [2.24, 2.45) is 0 Å². The summed E-state index contributed by atoms with van der Waals surface area (Å²) in [6.07, 6.45) is -0.0713. The minimum Gasteiger partial charge on any atom is -0.497 e. The molecule has 0 radical (unpaired) electrons. The number of hydrogen-bond acceptors (Lipinski definition) is 3. The number of benzene rings is 2. The molecule has 3 aromatic rings. The van der Waals surface area contributed by atoms with Gasteiger partial charge in [-0.25, -0.2) is 0 Å². The molecule has 27 heavy (non-hydrogen) atoms. The van der Waals surface area contributed by atoms with E-state index in [0.717, 1.165) is 33.3 Å². The van der Waals surface area contributed by atoms with Crippen LogP contribution in [0.25, 0.3) is 22.2 Å². The number of aromatic amines is 1. The Morgan fingerprint density at radius 3 is 2.41 bits per heavy atom. The number of fused-ring (bicyclic) bond motifs is 1. The average molecular weight is 367 g/mol. The van der Waals surface area contributed by atoms with Gasteiger partial charge in [-0.2, -0.15) is 0 Å². The summed E-state index contributed by atoms with van der Waals surface area (Å²) >= 11 is 0. The van der Waals surface area contributed by atoms with E-state index >= 15 is 0 Å². The van der Waals surface area contributed by atoms with Crippen LogP contribution in [0.5, 0.6) is 11.5 Å². The van der Waals surface area contributed by atoms with Gasteiger partial charge in [-0.05, 0) is 40.8 Å². The van der Waals surface area contributed by atoms with Crippen molar-refractivity contribution in [3.8, 4) is 22.8 Å². The van der Waals surface area contributed by atoms with Gasteiger partial charge in [0.25, 0.3) is 0 Å². The predicted octanol–water partition coefficient (Wildman–Crippen LogP) is 4.78. The smallest absolute Gasteiger partial charge is 0.307 e. The third kappa shape index (κ3) is 3.63. The topological polar surface area (TPSA) is 71.6 Å². The summed E-state index contributed by atoms with van der Waals surface area (Å²) in [5.41, 5.74) is 4.37. The van der Waals surface area contributed by atoms with Gasteiger partial charge >= 0.3 is 5.97 Å². The van der Waals surface area contributed by atoms with Crippen LogP contribution in [0.1, 0.15) is 31.9 Å². The van der Waals surface area contributed by atoms with Crippen LogP contribution in [0.4, 0.5) is 0 Å². The van der Waals surface area contributed by atoms with E-state index < -0.39 is 5.97 Å². The molecule has 0 unspecified atom stereocenters. The number of carbonyl (C=O) groups is 1. The second-order valence-corrected chi connectivity index (χ2v) is 7.63. The van der Waals surface area contributed by atoms with E-state index in [1.165, 1.54) is 0 Å². The van der Waals surface area contributed by atoms with E-state index in [4.69, 9.17) is 9.47 Å². The quantitative estimate of drug-likeness (QED) is 0.681. The molecule has 1 aromatic heterocycles. The summed E-state index contributed by atoms with van der Waals surface area (Å²) in [6, 6.07) is 11.7. The van der Waals surface area contributed by atoms with Gasteiger partial charge in [0, 0.05) is 22.5 Å². The monoisotopic (exact) mass is 367 g/mol. The van der Waals surface area contributed by atoms with Crippen LogP contribution in [0.15, 0.2) is 36.4 Å². The Morgan fingerprint density at radius 1 is 1.07 bits per heavy atom. The standard InChI is InChI=1S/C22H25NO4/c1-22(2,3)13-6-9-18-16(10-13)17(12-20(24)25)21(23-18)15-8-7-14(26-4)11-19(15)27-5/h6-11,23H,12H2,1-5H3,(H,24,25). The minimum absolute atomic E-state index is 0.0239. The number of ether oxygens (including phenoxy) is 2. The lowest BCUT2D eigenvalue weighted by Crippen LogP contribution is -2.10. The molecule has 0 bridgehead atoms. The van der Waals surface area contributed by atoms with Crippen LogP contribution in [-0.4, -0.2) is 30.3 Å². The zero-order valence-electron chi connectivity index (χ0n) is 16.3. The van der Waals surface area contributed by atoms with Gasteiger partial charge in [-0.3, -0.25) is 4.79 Å². The van der Waals surface area contributed by atoms with Gasteiger partial charge in [-0.1, -0.05) is 26.8 Å². The van der Waals surface area contributed by atoms with Crippen molar-refractivity contribution >= 4 is 16.9 Å². The maximum Gasteiger partial charge on any atom is 0.307 e. The Hall–Kier alpha value is -2.95. The lowest BCUT2D eigenvalue weighted by molar-refractivity contribution is -0.136. The molecule has 1 heterocycles. The Balaban J connectivity index is 2.28. The Morgan fingerprint density at radius 2 is 1.81 bits per heavy atom. The van der Waals surface area contributed by atoms with E-state index in [1.54, 1.807) is 20.3 Å². The van der Waals surface area contributed by atoms with Crippen molar-refractivity contribution in [2.75, 3.05) is 14.2 Å². The van der Waals surface area contributed by atoms with Crippen LogP contribution >= 0.6 is 0 Å². The first-order valence-electron chi connectivity index (χ1n) is 8.84. The fraction of sp³-hybridized carbons (Fsp3) is 0.318. The van der Waals surface area contributed by atoms with E-state index in [9.17, 15) is 9.90 Å². The number of aromatic nitrogens is 1. The number of carboxylic acid groups (broad SMARTS) is 1. The molecule has 0 aliphatic carbocycles. The highest BCUT2D eigenvalue weighted by molar-refractivity contribution is 5.95. The van der Waals surface area contributed by atoms with E-state index in [2.05, 4.69) is 37.9 Å². The van der Waals surface area contributed by atoms with Crippen LogP contribution in [0, 0.1) is 0 Å². The van der Waals surface area contributed by atoms with Gasteiger partial charge < -0.3 is 19.6 Å². The Labute approximate surface area is 158 Å². The molecule has 0 aliphatic heterocycles. The second kappa shape index (κ2) is 6.99. The molecule has 5 heteroatoms. The maximum atomic E-state index is 11.6. The normalized spacial score (nSPS) is 11.6. The zero-order chi connectivity index (χ0) is 19.8. The lowest BCUT2D eigenvalue weighted by Gasteiger charge is -2.19. The van der Waals surface area contributed by atoms with Crippen LogP contribution in [0.2, 0.25) is 0 Å². The summed E-state index contributed by atoms with van der Waals surface area (Å²) in [4.78, 5) is 15.0. The van der Waals surface area contributed by atoms with Gasteiger partial charge in [0.2, 0.25) is 0 Å². The first-order valence-corrected chi connectivity index (χ1v) is 8.84. The number of H-pyrrole nitrogens is 1. The average Bonchev–Trinajstić information content (AvgIpc) is 2.97. The highest BCUT2D eigenvalue weighted by Crippen LogP contribution is 2.39. The molecule has 3 rings (SSSR count). The number of carboxylic acids is 1. The molecule has 0 saturated heterocycles. The molecule has 2 aromatic carbocycles. The summed E-state index contributed by atoms with van der Waals surface area (Å²) < 4.78 is 10.8. The van der Waals surface area contributed by atoms with Crippen molar-refractivity contribution in [1.29, 1.82) is 0 Å². The highest BCUT2D eigenvalue weighted by Gasteiger charge is 2.21. The number of aliphatic carboxylic acids is 1. The molecule has 0 amide bonds. The summed E-state index contributed by atoms with van der Waals surface area (Å²) in [6.45, 7) is 6.43. The molecule has 0 spiro atoms. The van der Waals surface area contributed by atoms with Crippen molar-refractivity contribution in [1.82, 2.24) is 4.98 Å². The Kier molecular flexibility index (Phi) is 4.87. The summed E-state index contributed by atoms with van der Waals surface area (Å²) in [7, 11) is 3.19. The van der Waals surface area contributed by atoms with E-state index in [-0.39, 0.29) is 11.8 Å². The summed E-state index contributed by atoms with van der Waals surface area (Å²) in [5, 5.41) is 10.4. The minimum atomic E-state index is -0.870. The van der Waals surface area contributed by atoms with Crippen LogP contribution in [0.3, 0.4) is 0 Å². The SMILES string of the molecule is COc1ccc(-c2[nH]c3ccc(C(C)(C)C)cc3c2CC(=O)O)c(OC)c1.